The van der Waals surface area contributed by atoms with E-state index in [9.17, 15) is 26.7 Å². The van der Waals surface area contributed by atoms with E-state index in [0.717, 1.165) is 9.15 Å². The van der Waals surface area contributed by atoms with E-state index in [-0.39, 0.29) is 12.2 Å². The average molecular weight is 464 g/mol. The molecule has 0 aliphatic carbocycles. The van der Waals surface area contributed by atoms with Crippen LogP contribution >= 0.6 is 15.9 Å². The number of benzene rings is 1. The van der Waals surface area contributed by atoms with E-state index in [1.54, 1.807) is 17.1 Å². The van der Waals surface area contributed by atoms with Gasteiger partial charge < -0.3 is 5.32 Å². The number of halogens is 6. The van der Waals surface area contributed by atoms with Crippen LogP contribution in [0.2, 0.25) is 0 Å². The summed E-state index contributed by atoms with van der Waals surface area (Å²) in [5, 5.41) is 10.3. The minimum atomic E-state index is -2.23. The smallest absolute Gasteiger partial charge is 0.227 e. The third kappa shape index (κ3) is 4.21. The van der Waals surface area contributed by atoms with Gasteiger partial charge in [0.05, 0.1) is 22.8 Å². The molecule has 2 heterocycles. The third-order valence-electron chi connectivity index (χ3n) is 3.70. The Balaban J connectivity index is 1.65. The molecule has 1 N–H and O–H groups in total. The Bertz CT molecular complexity index is 1010. The Morgan fingerprint density at radius 2 is 1.68 bits per heavy atom. The molecule has 0 aliphatic rings. The standard InChI is InChI=1S/C16H11BrF5N5O/c17-8-5-23-26(6-8)4-2-11(28)24-10-1-3-27(25-10)7-9-12(18)14(20)16(22)15(21)13(9)19/h1,3,5-6H,2,4,7H2,(H,24,25,28). The maximum Gasteiger partial charge on any atom is 0.227 e. The molecule has 0 aliphatic heterocycles. The zero-order chi connectivity index (χ0) is 20.4. The minimum Gasteiger partial charge on any atom is -0.309 e. The van der Waals surface area contributed by atoms with Gasteiger partial charge in [-0.1, -0.05) is 0 Å². The molecule has 0 unspecified atom stereocenters. The summed E-state index contributed by atoms with van der Waals surface area (Å²) in [5.41, 5.74) is -1.03. The second-order valence-corrected chi connectivity index (χ2v) is 6.58. The molecule has 2 aromatic heterocycles. The Kier molecular flexibility index (Phi) is 5.77. The van der Waals surface area contributed by atoms with Crippen LogP contribution in [-0.4, -0.2) is 25.5 Å². The van der Waals surface area contributed by atoms with Crippen molar-refractivity contribution >= 4 is 27.7 Å². The number of hydrogen-bond donors (Lipinski definition) is 1. The Morgan fingerprint density at radius 3 is 2.29 bits per heavy atom. The molecule has 1 aromatic carbocycles. The van der Waals surface area contributed by atoms with Gasteiger partial charge in [0.2, 0.25) is 11.7 Å². The molecule has 28 heavy (non-hydrogen) atoms. The number of hydrogen-bond acceptors (Lipinski definition) is 3. The lowest BCUT2D eigenvalue weighted by Crippen LogP contribution is -2.16. The van der Waals surface area contributed by atoms with Crippen LogP contribution < -0.4 is 5.32 Å². The van der Waals surface area contributed by atoms with Gasteiger partial charge in [0, 0.05) is 31.4 Å². The van der Waals surface area contributed by atoms with E-state index in [0.29, 0.717) is 6.54 Å². The van der Waals surface area contributed by atoms with E-state index in [1.807, 2.05) is 0 Å². The second kappa shape index (κ2) is 8.09. The van der Waals surface area contributed by atoms with Crippen molar-refractivity contribution in [2.45, 2.75) is 19.5 Å². The summed E-state index contributed by atoms with van der Waals surface area (Å²) in [4.78, 5) is 11.9. The molecule has 148 valence electrons. The molecule has 0 saturated carbocycles. The maximum absolute atomic E-state index is 13.7. The van der Waals surface area contributed by atoms with E-state index < -0.39 is 47.1 Å². The molecular formula is C16H11BrF5N5O. The largest absolute Gasteiger partial charge is 0.309 e. The molecule has 6 nitrogen and oxygen atoms in total. The van der Waals surface area contributed by atoms with E-state index in [4.69, 9.17) is 0 Å². The number of aryl methyl sites for hydroxylation is 1. The fourth-order valence-corrected chi connectivity index (χ4v) is 2.68. The van der Waals surface area contributed by atoms with Crippen LogP contribution in [0.25, 0.3) is 0 Å². The lowest BCUT2D eigenvalue weighted by molar-refractivity contribution is -0.116. The van der Waals surface area contributed by atoms with Crippen LogP contribution in [0.4, 0.5) is 27.8 Å². The fraction of sp³-hybridized carbons (Fsp3) is 0.188. The van der Waals surface area contributed by atoms with Gasteiger partial charge in [0.1, 0.15) is 0 Å². The molecule has 12 heteroatoms. The first kappa shape index (κ1) is 20.0. The summed E-state index contributed by atoms with van der Waals surface area (Å²) >= 11 is 3.23. The summed E-state index contributed by atoms with van der Waals surface area (Å²) in [5.74, 6) is -10.5. The molecule has 0 radical (unpaired) electrons. The fourth-order valence-electron chi connectivity index (χ4n) is 2.35. The molecule has 0 spiro atoms. The molecule has 1 amide bonds. The number of amides is 1. The third-order valence-corrected chi connectivity index (χ3v) is 4.11. The highest BCUT2D eigenvalue weighted by atomic mass is 79.9. The van der Waals surface area contributed by atoms with Gasteiger partial charge in [-0.05, 0) is 15.9 Å². The first-order chi connectivity index (χ1) is 13.3. The molecule has 0 atom stereocenters. The molecule has 0 saturated heterocycles. The first-order valence-corrected chi connectivity index (χ1v) is 8.57. The highest BCUT2D eigenvalue weighted by Crippen LogP contribution is 2.23. The van der Waals surface area contributed by atoms with E-state index >= 15 is 0 Å². The molecule has 0 fully saturated rings. The van der Waals surface area contributed by atoms with Crippen LogP contribution in [-0.2, 0) is 17.9 Å². The summed E-state index contributed by atoms with van der Waals surface area (Å²) in [6.45, 7) is -0.397. The number of rotatable bonds is 6. The number of carbonyl (C=O) groups is 1. The first-order valence-electron chi connectivity index (χ1n) is 7.78. The number of nitrogens with one attached hydrogen (secondary N) is 1. The average Bonchev–Trinajstić information content (AvgIpc) is 3.29. The second-order valence-electron chi connectivity index (χ2n) is 5.67. The van der Waals surface area contributed by atoms with Crippen molar-refractivity contribution in [3.8, 4) is 0 Å². The highest BCUT2D eigenvalue weighted by molar-refractivity contribution is 9.10. The topological polar surface area (TPSA) is 64.7 Å². The van der Waals surface area contributed by atoms with Gasteiger partial charge in [0.25, 0.3) is 0 Å². The highest BCUT2D eigenvalue weighted by Gasteiger charge is 2.25. The number of nitrogens with zero attached hydrogens (tertiary/aromatic N) is 4. The molecular weight excluding hydrogens is 453 g/mol. The Morgan fingerprint density at radius 1 is 1.04 bits per heavy atom. The summed E-state index contributed by atoms with van der Waals surface area (Å²) in [6.07, 6.45) is 4.57. The van der Waals surface area contributed by atoms with Crippen molar-refractivity contribution < 1.29 is 26.7 Å². The van der Waals surface area contributed by atoms with Crippen LogP contribution in [0.3, 0.4) is 0 Å². The summed E-state index contributed by atoms with van der Waals surface area (Å²) < 4.78 is 70.3. The number of anilines is 1. The van der Waals surface area contributed by atoms with Gasteiger partial charge in [-0.15, -0.1) is 0 Å². The van der Waals surface area contributed by atoms with Crippen molar-refractivity contribution in [2.75, 3.05) is 5.32 Å². The Hall–Kier alpha value is -2.76. The maximum atomic E-state index is 13.7. The van der Waals surface area contributed by atoms with Gasteiger partial charge in [-0.2, -0.15) is 10.2 Å². The zero-order valence-corrected chi connectivity index (χ0v) is 15.5. The summed E-state index contributed by atoms with van der Waals surface area (Å²) in [6, 6.07) is 1.33. The van der Waals surface area contributed by atoms with Crippen LogP contribution in [0.15, 0.2) is 29.1 Å². The predicted octanol–water partition coefficient (Wildman–Crippen LogP) is 3.61. The van der Waals surface area contributed by atoms with E-state index in [2.05, 4.69) is 31.4 Å². The van der Waals surface area contributed by atoms with Crippen molar-refractivity contribution in [3.05, 3.63) is 63.8 Å². The Labute approximate surface area is 163 Å². The number of carbonyl (C=O) groups excluding carboxylic acids is 1. The van der Waals surface area contributed by atoms with E-state index in [1.165, 1.54) is 12.3 Å². The van der Waals surface area contributed by atoms with Crippen LogP contribution in [0.5, 0.6) is 0 Å². The normalized spacial score (nSPS) is 11.1. The van der Waals surface area contributed by atoms with Crippen LogP contribution in [0, 0.1) is 29.1 Å². The predicted molar refractivity (Wildman–Crippen MR) is 90.7 cm³/mol. The van der Waals surface area contributed by atoms with Gasteiger partial charge in [0.15, 0.2) is 29.1 Å². The lowest BCUT2D eigenvalue weighted by Gasteiger charge is -2.08. The molecule has 3 rings (SSSR count). The van der Waals surface area contributed by atoms with Gasteiger partial charge in [-0.3, -0.25) is 14.2 Å². The van der Waals surface area contributed by atoms with Crippen molar-refractivity contribution in [1.29, 1.82) is 0 Å². The van der Waals surface area contributed by atoms with Crippen molar-refractivity contribution in [2.24, 2.45) is 0 Å². The minimum absolute atomic E-state index is 0.0653. The molecule has 0 bridgehead atoms. The SMILES string of the molecule is O=C(CCn1cc(Br)cn1)Nc1ccn(Cc2c(F)c(F)c(F)c(F)c2F)n1. The summed E-state index contributed by atoms with van der Waals surface area (Å²) in [7, 11) is 0. The number of aromatic nitrogens is 4. The monoisotopic (exact) mass is 463 g/mol. The van der Waals surface area contributed by atoms with Gasteiger partial charge >= 0.3 is 0 Å². The quantitative estimate of drug-likeness (QED) is 0.345. The van der Waals surface area contributed by atoms with Crippen molar-refractivity contribution in [3.63, 3.8) is 0 Å². The van der Waals surface area contributed by atoms with Gasteiger partial charge in [-0.25, -0.2) is 22.0 Å². The lowest BCUT2D eigenvalue weighted by atomic mass is 10.1. The van der Waals surface area contributed by atoms with Crippen molar-refractivity contribution in [1.82, 2.24) is 19.6 Å². The molecule has 3 aromatic rings. The van der Waals surface area contributed by atoms with Crippen LogP contribution in [0.1, 0.15) is 12.0 Å². The zero-order valence-electron chi connectivity index (χ0n) is 13.9.